The van der Waals surface area contributed by atoms with Crippen LogP contribution in [0, 0.1) is 0 Å². The molecule has 1 atom stereocenters. The van der Waals surface area contributed by atoms with Crippen molar-refractivity contribution in [1.82, 2.24) is 4.90 Å². The Bertz CT molecular complexity index is 119. The van der Waals surface area contributed by atoms with Gasteiger partial charge in [0.2, 0.25) is 0 Å². The Balaban J connectivity index is 1.98. The van der Waals surface area contributed by atoms with E-state index in [4.69, 9.17) is 10.5 Å². The average Bonchev–Trinajstić information content (AvgIpc) is 2.46. The van der Waals surface area contributed by atoms with Gasteiger partial charge in [-0.25, -0.2) is 0 Å². The third kappa shape index (κ3) is 3.09. The van der Waals surface area contributed by atoms with Crippen molar-refractivity contribution in [1.29, 1.82) is 0 Å². The second kappa shape index (κ2) is 5.51. The fourth-order valence-electron chi connectivity index (χ4n) is 1.69. The molecule has 1 saturated heterocycles. The zero-order valence-electron chi connectivity index (χ0n) is 7.96. The van der Waals surface area contributed by atoms with E-state index in [9.17, 15) is 0 Å². The number of ether oxygens (including phenoxy) is 1. The summed E-state index contributed by atoms with van der Waals surface area (Å²) in [7, 11) is 0. The zero-order valence-corrected chi connectivity index (χ0v) is 7.96. The molecule has 3 nitrogen and oxygen atoms in total. The molecule has 0 spiro atoms. The average molecular weight is 172 g/mol. The Kier molecular flexibility index (Phi) is 4.58. The van der Waals surface area contributed by atoms with Crippen LogP contribution < -0.4 is 5.73 Å². The van der Waals surface area contributed by atoms with Crippen molar-refractivity contribution >= 4 is 0 Å². The Hall–Kier alpha value is -0.120. The van der Waals surface area contributed by atoms with Gasteiger partial charge in [-0.05, 0) is 26.3 Å². The SMILES string of the molecule is CC1CCCN1CCOCCN. The van der Waals surface area contributed by atoms with Gasteiger partial charge in [-0.2, -0.15) is 0 Å². The Labute approximate surface area is 74.9 Å². The zero-order chi connectivity index (χ0) is 8.81. The normalized spacial score (nSPS) is 25.0. The predicted molar refractivity (Wildman–Crippen MR) is 50.1 cm³/mol. The lowest BCUT2D eigenvalue weighted by Gasteiger charge is -2.20. The van der Waals surface area contributed by atoms with E-state index in [0.29, 0.717) is 13.2 Å². The molecule has 0 aliphatic carbocycles. The number of hydrogen-bond donors (Lipinski definition) is 1. The molecule has 0 saturated carbocycles. The van der Waals surface area contributed by atoms with Gasteiger partial charge in [0, 0.05) is 19.1 Å². The topological polar surface area (TPSA) is 38.5 Å². The molecule has 0 radical (unpaired) electrons. The minimum Gasteiger partial charge on any atom is -0.379 e. The van der Waals surface area contributed by atoms with E-state index < -0.39 is 0 Å². The molecule has 0 aromatic rings. The molecular formula is C9H20N2O. The number of likely N-dealkylation sites (tertiary alicyclic amines) is 1. The van der Waals surface area contributed by atoms with Crippen LogP contribution in [0.3, 0.4) is 0 Å². The summed E-state index contributed by atoms with van der Waals surface area (Å²) in [4.78, 5) is 2.48. The van der Waals surface area contributed by atoms with Gasteiger partial charge in [-0.15, -0.1) is 0 Å². The van der Waals surface area contributed by atoms with E-state index >= 15 is 0 Å². The minimum absolute atomic E-state index is 0.634. The van der Waals surface area contributed by atoms with Crippen LogP contribution in [0.15, 0.2) is 0 Å². The molecule has 0 bridgehead atoms. The lowest BCUT2D eigenvalue weighted by Crippen LogP contribution is -2.30. The van der Waals surface area contributed by atoms with E-state index in [2.05, 4.69) is 11.8 Å². The molecule has 0 amide bonds. The molecule has 1 unspecified atom stereocenters. The van der Waals surface area contributed by atoms with E-state index in [1.165, 1.54) is 19.4 Å². The first kappa shape index (κ1) is 9.96. The van der Waals surface area contributed by atoms with Crippen molar-refractivity contribution in [3.05, 3.63) is 0 Å². The van der Waals surface area contributed by atoms with E-state index in [0.717, 1.165) is 19.2 Å². The van der Waals surface area contributed by atoms with E-state index in [1.807, 2.05) is 0 Å². The fraction of sp³-hybridized carbons (Fsp3) is 1.00. The van der Waals surface area contributed by atoms with Crippen LogP contribution in [0.5, 0.6) is 0 Å². The van der Waals surface area contributed by atoms with Gasteiger partial charge in [0.25, 0.3) is 0 Å². The third-order valence-electron chi connectivity index (χ3n) is 2.48. The maximum atomic E-state index is 5.33. The van der Waals surface area contributed by atoms with Crippen molar-refractivity contribution in [2.24, 2.45) is 5.73 Å². The molecule has 1 aliphatic rings. The Morgan fingerprint density at radius 3 is 2.92 bits per heavy atom. The lowest BCUT2D eigenvalue weighted by atomic mass is 10.2. The largest absolute Gasteiger partial charge is 0.379 e. The van der Waals surface area contributed by atoms with Crippen molar-refractivity contribution in [3.8, 4) is 0 Å². The summed E-state index contributed by atoms with van der Waals surface area (Å²) in [5.41, 5.74) is 5.31. The molecular weight excluding hydrogens is 152 g/mol. The second-order valence-electron chi connectivity index (χ2n) is 3.43. The van der Waals surface area contributed by atoms with Crippen LogP contribution in [0.1, 0.15) is 19.8 Å². The molecule has 1 aliphatic heterocycles. The van der Waals surface area contributed by atoms with E-state index in [1.54, 1.807) is 0 Å². The lowest BCUT2D eigenvalue weighted by molar-refractivity contribution is 0.107. The van der Waals surface area contributed by atoms with Gasteiger partial charge in [0.1, 0.15) is 0 Å². The molecule has 2 N–H and O–H groups in total. The molecule has 1 heterocycles. The van der Waals surface area contributed by atoms with Gasteiger partial charge in [0.05, 0.1) is 13.2 Å². The van der Waals surface area contributed by atoms with Crippen molar-refractivity contribution in [2.45, 2.75) is 25.8 Å². The molecule has 0 aromatic carbocycles. The third-order valence-corrected chi connectivity index (χ3v) is 2.48. The highest BCUT2D eigenvalue weighted by molar-refractivity contribution is 4.74. The summed E-state index contributed by atoms with van der Waals surface area (Å²) in [5.74, 6) is 0. The monoisotopic (exact) mass is 172 g/mol. The van der Waals surface area contributed by atoms with E-state index in [-0.39, 0.29) is 0 Å². The molecule has 1 rings (SSSR count). The maximum Gasteiger partial charge on any atom is 0.0594 e. The summed E-state index contributed by atoms with van der Waals surface area (Å²) >= 11 is 0. The molecule has 3 heteroatoms. The van der Waals surface area contributed by atoms with Gasteiger partial charge >= 0.3 is 0 Å². The van der Waals surface area contributed by atoms with Gasteiger partial charge in [-0.1, -0.05) is 0 Å². The van der Waals surface area contributed by atoms with Crippen molar-refractivity contribution in [3.63, 3.8) is 0 Å². The molecule has 72 valence electrons. The Morgan fingerprint density at radius 2 is 2.33 bits per heavy atom. The molecule has 0 aromatic heterocycles. The van der Waals surface area contributed by atoms with Crippen LogP contribution >= 0.6 is 0 Å². The van der Waals surface area contributed by atoms with Crippen LogP contribution in [-0.4, -0.2) is 43.8 Å². The number of hydrogen-bond acceptors (Lipinski definition) is 3. The first-order chi connectivity index (χ1) is 5.84. The van der Waals surface area contributed by atoms with Crippen LogP contribution in [0.25, 0.3) is 0 Å². The summed E-state index contributed by atoms with van der Waals surface area (Å²) < 4.78 is 5.33. The summed E-state index contributed by atoms with van der Waals surface area (Å²) in [6.45, 7) is 6.77. The highest BCUT2D eigenvalue weighted by atomic mass is 16.5. The highest BCUT2D eigenvalue weighted by Gasteiger charge is 2.18. The summed E-state index contributed by atoms with van der Waals surface area (Å²) in [5, 5.41) is 0. The van der Waals surface area contributed by atoms with Crippen LogP contribution in [-0.2, 0) is 4.74 Å². The minimum atomic E-state index is 0.634. The predicted octanol–water partition coefficient (Wildman–Crippen LogP) is 0.446. The van der Waals surface area contributed by atoms with Crippen molar-refractivity contribution in [2.75, 3.05) is 32.8 Å². The number of rotatable bonds is 5. The summed E-state index contributed by atoms with van der Waals surface area (Å²) in [6.07, 6.45) is 2.69. The molecule has 1 fully saturated rings. The van der Waals surface area contributed by atoms with Crippen molar-refractivity contribution < 1.29 is 4.74 Å². The van der Waals surface area contributed by atoms with Crippen LogP contribution in [0.4, 0.5) is 0 Å². The maximum absolute atomic E-state index is 5.33. The fourth-order valence-corrected chi connectivity index (χ4v) is 1.69. The first-order valence-corrected chi connectivity index (χ1v) is 4.86. The Morgan fingerprint density at radius 1 is 1.50 bits per heavy atom. The standard InChI is InChI=1S/C9H20N2O/c1-9-3-2-5-11(9)6-8-12-7-4-10/h9H,2-8,10H2,1H3. The molecule has 12 heavy (non-hydrogen) atoms. The van der Waals surface area contributed by atoms with Gasteiger partial charge < -0.3 is 10.5 Å². The first-order valence-electron chi connectivity index (χ1n) is 4.86. The highest BCUT2D eigenvalue weighted by Crippen LogP contribution is 2.15. The number of nitrogens with zero attached hydrogens (tertiary/aromatic N) is 1. The quantitative estimate of drug-likeness (QED) is 0.612. The summed E-state index contributed by atoms with van der Waals surface area (Å²) in [6, 6.07) is 0.756. The smallest absolute Gasteiger partial charge is 0.0594 e. The number of nitrogens with two attached hydrogens (primary N) is 1. The van der Waals surface area contributed by atoms with Gasteiger partial charge in [0.15, 0.2) is 0 Å². The van der Waals surface area contributed by atoms with Crippen LogP contribution in [0.2, 0.25) is 0 Å². The van der Waals surface area contributed by atoms with Gasteiger partial charge in [-0.3, -0.25) is 4.90 Å². The second-order valence-corrected chi connectivity index (χ2v) is 3.43.